The third-order valence-electron chi connectivity index (χ3n) is 11.5. The Morgan fingerprint density at radius 3 is 1.94 bits per heavy atom. The van der Waals surface area contributed by atoms with Crippen LogP contribution in [0.25, 0.3) is 54.6 Å². The number of hydrogen-bond donors (Lipinski definition) is 1. The molecule has 52 heavy (non-hydrogen) atoms. The molecule has 0 radical (unpaired) electrons. The van der Waals surface area contributed by atoms with Gasteiger partial charge in [0.15, 0.2) is 6.17 Å². The molecule has 0 fully saturated rings. The lowest BCUT2D eigenvalue weighted by molar-refractivity contribution is 0.669. The fraction of sp³-hybridized carbons (Fsp3) is 0.0417. The number of nitrogens with one attached hydrogen (secondary N) is 1. The highest BCUT2D eigenvalue weighted by Crippen LogP contribution is 2.62. The zero-order valence-corrected chi connectivity index (χ0v) is 28.0. The molecule has 4 nitrogen and oxygen atoms in total. The van der Waals surface area contributed by atoms with Crippen LogP contribution in [0, 0.1) is 0 Å². The summed E-state index contributed by atoms with van der Waals surface area (Å²) in [7, 11) is 0. The van der Waals surface area contributed by atoms with Crippen molar-refractivity contribution in [3.05, 3.63) is 203 Å². The smallest absolute Gasteiger partial charge is 0.169 e. The molecule has 0 saturated heterocycles. The molecule has 1 unspecified atom stereocenters. The maximum Gasteiger partial charge on any atom is 0.169 e. The summed E-state index contributed by atoms with van der Waals surface area (Å²) >= 11 is 0. The first-order valence-electron chi connectivity index (χ1n) is 17.9. The molecule has 1 atom stereocenters. The number of hydrogen-bond acceptors (Lipinski definition) is 4. The summed E-state index contributed by atoms with van der Waals surface area (Å²) in [6, 6.07) is 58.9. The lowest BCUT2D eigenvalue weighted by atomic mass is 9.70. The molecule has 2 heterocycles. The van der Waals surface area contributed by atoms with Crippen molar-refractivity contribution in [3.63, 3.8) is 0 Å². The summed E-state index contributed by atoms with van der Waals surface area (Å²) in [4.78, 5) is 10.6. The van der Waals surface area contributed by atoms with Gasteiger partial charge < -0.3 is 9.73 Å². The molecule has 1 spiro atoms. The van der Waals surface area contributed by atoms with Crippen molar-refractivity contribution >= 4 is 55.2 Å². The molecule has 4 heteroatoms. The Kier molecular flexibility index (Phi) is 5.46. The van der Waals surface area contributed by atoms with Crippen molar-refractivity contribution in [3.8, 4) is 11.1 Å². The molecule has 2 aliphatic carbocycles. The average molecular weight is 664 g/mol. The minimum Gasteiger partial charge on any atom is -0.456 e. The quantitative estimate of drug-likeness (QED) is 0.191. The Balaban J connectivity index is 1.09. The van der Waals surface area contributed by atoms with E-state index in [1.165, 1.54) is 54.9 Å². The van der Waals surface area contributed by atoms with Crippen LogP contribution < -0.4 is 5.32 Å². The topological polar surface area (TPSA) is 49.9 Å². The van der Waals surface area contributed by atoms with Gasteiger partial charge in [0.05, 0.1) is 5.41 Å². The van der Waals surface area contributed by atoms with Gasteiger partial charge in [-0.2, -0.15) is 0 Å². The largest absolute Gasteiger partial charge is 0.456 e. The summed E-state index contributed by atoms with van der Waals surface area (Å²) in [6.07, 6.45) is -0.413. The Bertz CT molecular complexity index is 3000. The highest BCUT2D eigenvalue weighted by atomic mass is 16.3. The normalized spacial score (nSPS) is 16.4. The third-order valence-corrected chi connectivity index (χ3v) is 11.5. The Morgan fingerprint density at radius 1 is 0.481 bits per heavy atom. The van der Waals surface area contributed by atoms with Crippen molar-refractivity contribution in [1.29, 1.82) is 0 Å². The summed E-state index contributed by atoms with van der Waals surface area (Å²) < 4.78 is 6.19. The van der Waals surface area contributed by atoms with Crippen molar-refractivity contribution < 1.29 is 4.42 Å². The fourth-order valence-corrected chi connectivity index (χ4v) is 9.41. The van der Waals surface area contributed by atoms with Gasteiger partial charge in [0.1, 0.15) is 22.8 Å². The molecule has 0 bridgehead atoms. The number of para-hydroxylation sites is 1. The second-order valence-corrected chi connectivity index (χ2v) is 14.1. The van der Waals surface area contributed by atoms with Crippen LogP contribution in [0.3, 0.4) is 0 Å². The van der Waals surface area contributed by atoms with E-state index in [0.717, 1.165) is 50.3 Å². The van der Waals surface area contributed by atoms with Gasteiger partial charge in [0, 0.05) is 21.9 Å². The molecule has 1 N–H and O–H groups in total. The zero-order chi connectivity index (χ0) is 34.0. The molecule has 1 aromatic heterocycles. The Hall–Kier alpha value is -6.78. The van der Waals surface area contributed by atoms with Crippen LogP contribution in [0.2, 0.25) is 0 Å². The molecule has 242 valence electrons. The van der Waals surface area contributed by atoms with E-state index < -0.39 is 11.6 Å². The van der Waals surface area contributed by atoms with E-state index in [0.29, 0.717) is 0 Å². The van der Waals surface area contributed by atoms with Crippen LogP contribution in [0.15, 0.2) is 178 Å². The second-order valence-electron chi connectivity index (χ2n) is 14.1. The van der Waals surface area contributed by atoms with Gasteiger partial charge in [-0.3, -0.25) is 0 Å². The molecule has 1 aliphatic heterocycles. The molecule has 8 aromatic carbocycles. The number of nitrogens with zero attached hydrogens (tertiary/aromatic N) is 2. The van der Waals surface area contributed by atoms with Gasteiger partial charge in [-0.1, -0.05) is 140 Å². The van der Waals surface area contributed by atoms with Crippen molar-refractivity contribution in [2.45, 2.75) is 11.6 Å². The van der Waals surface area contributed by atoms with E-state index in [1.54, 1.807) is 0 Å². The van der Waals surface area contributed by atoms with E-state index in [9.17, 15) is 0 Å². The first-order valence-corrected chi connectivity index (χ1v) is 17.9. The summed E-state index contributed by atoms with van der Waals surface area (Å²) in [6.45, 7) is 0. The molecular formula is C48H29N3O. The van der Waals surface area contributed by atoms with Crippen molar-refractivity contribution in [2.75, 3.05) is 0 Å². The monoisotopic (exact) mass is 663 g/mol. The van der Waals surface area contributed by atoms with Gasteiger partial charge in [-0.05, 0) is 84.8 Å². The van der Waals surface area contributed by atoms with E-state index in [2.05, 4.69) is 151 Å². The predicted molar refractivity (Wildman–Crippen MR) is 211 cm³/mol. The molecular weight excluding hydrogens is 635 g/mol. The SMILES string of the molecule is c1ccc(C2N=C(c3ccc4oc5ccccc5c4c3)NC(c3cccc4c3-c3ccccc3C43c4cccc5ccc6cccc3c6c45)=N2)cc1. The molecule has 12 rings (SSSR count). The molecule has 0 amide bonds. The van der Waals surface area contributed by atoms with Gasteiger partial charge >= 0.3 is 0 Å². The van der Waals surface area contributed by atoms with Crippen LogP contribution in [0.4, 0.5) is 0 Å². The average Bonchev–Trinajstić information content (AvgIpc) is 3.85. The van der Waals surface area contributed by atoms with Crippen LogP contribution in [-0.4, -0.2) is 11.7 Å². The third kappa shape index (κ3) is 3.55. The maximum absolute atomic E-state index is 6.19. The van der Waals surface area contributed by atoms with Crippen molar-refractivity contribution in [2.24, 2.45) is 9.98 Å². The summed E-state index contributed by atoms with van der Waals surface area (Å²) in [5.41, 5.74) is 12.2. The summed E-state index contributed by atoms with van der Waals surface area (Å²) in [5.74, 6) is 1.60. The zero-order valence-electron chi connectivity index (χ0n) is 28.0. The van der Waals surface area contributed by atoms with Crippen LogP contribution in [0.1, 0.15) is 45.1 Å². The first-order chi connectivity index (χ1) is 25.8. The molecule has 0 saturated carbocycles. The predicted octanol–water partition coefficient (Wildman–Crippen LogP) is 11.1. The minimum atomic E-state index is -0.441. The number of amidine groups is 2. The number of furan rings is 1. The highest BCUT2D eigenvalue weighted by Gasteiger charge is 2.51. The van der Waals surface area contributed by atoms with E-state index in [4.69, 9.17) is 14.4 Å². The van der Waals surface area contributed by atoms with Crippen LogP contribution >= 0.6 is 0 Å². The number of benzene rings is 8. The van der Waals surface area contributed by atoms with Crippen molar-refractivity contribution in [1.82, 2.24) is 5.32 Å². The highest BCUT2D eigenvalue weighted by molar-refractivity contribution is 6.22. The van der Waals surface area contributed by atoms with Crippen LogP contribution in [-0.2, 0) is 5.41 Å². The number of rotatable bonds is 3. The Labute approximate surface area is 299 Å². The van der Waals surface area contributed by atoms with Gasteiger partial charge in [-0.15, -0.1) is 0 Å². The minimum absolute atomic E-state index is 0.413. The summed E-state index contributed by atoms with van der Waals surface area (Å²) in [5, 5.41) is 11.2. The fourth-order valence-electron chi connectivity index (χ4n) is 9.41. The van der Waals surface area contributed by atoms with Gasteiger partial charge in [-0.25, -0.2) is 9.98 Å². The number of aliphatic imine (C=N–C) groups is 2. The van der Waals surface area contributed by atoms with E-state index in [-0.39, 0.29) is 0 Å². The van der Waals surface area contributed by atoms with Gasteiger partial charge in [0.2, 0.25) is 0 Å². The second kappa shape index (κ2) is 10.1. The van der Waals surface area contributed by atoms with Gasteiger partial charge in [0.25, 0.3) is 0 Å². The molecule has 9 aromatic rings. The van der Waals surface area contributed by atoms with E-state index in [1.807, 2.05) is 18.2 Å². The maximum atomic E-state index is 6.19. The lowest BCUT2D eigenvalue weighted by Gasteiger charge is -2.31. The standard InChI is InChI=1S/C48H29N3O/c1-2-11-30(12-3-1)45-49-46(31-25-26-41-35(27-31)32-15-5-7-22-40(32)52-41)51-47(50-45)34-17-10-21-39-44(34)33-16-4-6-18-36(33)48(39)37-19-8-13-28-23-24-29-14-9-20-38(48)43(29)42(28)37/h1-27,45H,(H,49,50,51). The Morgan fingerprint density at radius 2 is 1.12 bits per heavy atom. The molecule has 3 aliphatic rings. The number of fused-ring (bicyclic) bond motifs is 10. The van der Waals surface area contributed by atoms with Crippen LogP contribution in [0.5, 0.6) is 0 Å². The van der Waals surface area contributed by atoms with E-state index >= 15 is 0 Å². The first kappa shape index (κ1) is 28.0. The lowest BCUT2D eigenvalue weighted by Crippen LogP contribution is -2.36.